The number of alkyl halides is 1. The van der Waals surface area contributed by atoms with E-state index in [0.29, 0.717) is 9.85 Å². The number of nitrogens with zero attached hydrogens (tertiary/aromatic N) is 1. The molecule has 0 N–H and O–H groups in total. The highest BCUT2D eigenvalue weighted by Crippen LogP contribution is 2.58. The first-order chi connectivity index (χ1) is 9.53. The summed E-state index contributed by atoms with van der Waals surface area (Å²) in [6, 6.07) is 4.47. The normalized spacial score (nSPS) is 27.3. The topological polar surface area (TPSA) is 52.4 Å². The van der Waals surface area contributed by atoms with E-state index in [1.165, 1.54) is 25.0 Å². The molecular formula is C14H15BrClNO3. The molecule has 0 aliphatic heterocycles. The molecule has 6 heteroatoms. The summed E-state index contributed by atoms with van der Waals surface area (Å²) in [7, 11) is 0. The van der Waals surface area contributed by atoms with Crippen molar-refractivity contribution < 1.29 is 9.66 Å². The van der Waals surface area contributed by atoms with E-state index in [-0.39, 0.29) is 23.0 Å². The van der Waals surface area contributed by atoms with Crippen molar-refractivity contribution in [1.82, 2.24) is 0 Å². The molecule has 2 fully saturated rings. The van der Waals surface area contributed by atoms with Gasteiger partial charge in [-0.25, -0.2) is 0 Å². The van der Waals surface area contributed by atoms with Crippen LogP contribution in [0, 0.1) is 15.5 Å². The van der Waals surface area contributed by atoms with Gasteiger partial charge in [0, 0.05) is 27.4 Å². The zero-order chi connectivity index (χ0) is 14.3. The van der Waals surface area contributed by atoms with Gasteiger partial charge in [0.25, 0.3) is 0 Å². The maximum absolute atomic E-state index is 11.1. The third-order valence-electron chi connectivity index (χ3n) is 4.61. The molecule has 2 unspecified atom stereocenters. The Balaban J connectivity index is 1.85. The molecule has 0 bridgehead atoms. The summed E-state index contributed by atoms with van der Waals surface area (Å²) in [5.41, 5.74) is 0.136. The average molecular weight is 361 g/mol. The van der Waals surface area contributed by atoms with Crippen molar-refractivity contribution in [2.24, 2.45) is 5.41 Å². The van der Waals surface area contributed by atoms with E-state index in [2.05, 4.69) is 15.9 Å². The molecule has 2 aliphatic rings. The second-order valence-corrected chi connectivity index (χ2v) is 7.16. The highest BCUT2D eigenvalue weighted by Gasteiger charge is 2.56. The van der Waals surface area contributed by atoms with Gasteiger partial charge in [-0.3, -0.25) is 10.1 Å². The largest absolute Gasteiger partial charge is 0.483 e. The van der Waals surface area contributed by atoms with Gasteiger partial charge in [-0.2, -0.15) is 0 Å². The molecule has 2 saturated carbocycles. The lowest BCUT2D eigenvalue weighted by atomic mass is 9.64. The van der Waals surface area contributed by atoms with E-state index in [4.69, 9.17) is 16.3 Å². The predicted octanol–water partition coefficient (Wildman–Crippen LogP) is 4.72. The summed E-state index contributed by atoms with van der Waals surface area (Å²) < 4.78 is 5.98. The number of benzene rings is 1. The first-order valence-electron chi connectivity index (χ1n) is 6.77. The van der Waals surface area contributed by atoms with E-state index < -0.39 is 4.92 Å². The fourth-order valence-electron chi connectivity index (χ4n) is 3.42. The Kier molecular flexibility index (Phi) is 3.67. The number of halogens is 2. The monoisotopic (exact) mass is 359 g/mol. The highest BCUT2D eigenvalue weighted by molar-refractivity contribution is 9.09. The summed E-state index contributed by atoms with van der Waals surface area (Å²) >= 11 is 9.65. The van der Waals surface area contributed by atoms with E-state index in [1.807, 2.05) is 0 Å². The van der Waals surface area contributed by atoms with Gasteiger partial charge in [0.2, 0.25) is 0 Å². The van der Waals surface area contributed by atoms with Crippen molar-refractivity contribution in [1.29, 1.82) is 0 Å². The first kappa shape index (κ1) is 14.1. The molecule has 2 aliphatic carbocycles. The molecule has 108 valence electrons. The number of ether oxygens (including phenoxy) is 1. The van der Waals surface area contributed by atoms with Gasteiger partial charge >= 0.3 is 5.69 Å². The van der Waals surface area contributed by atoms with Crippen LogP contribution in [0.4, 0.5) is 5.69 Å². The Hall–Kier alpha value is -0.810. The van der Waals surface area contributed by atoms with Gasteiger partial charge < -0.3 is 4.74 Å². The summed E-state index contributed by atoms with van der Waals surface area (Å²) in [4.78, 5) is 11.1. The Morgan fingerprint density at radius 1 is 1.40 bits per heavy atom. The standard InChI is InChI=1S/C14H15BrClNO3/c15-12-8-13(14(12)5-1-2-6-14)20-11-7-9(16)3-4-10(11)17(18)19/h3-4,7,12-13H,1-2,5-6,8H2. The van der Waals surface area contributed by atoms with Crippen molar-refractivity contribution >= 4 is 33.2 Å². The third kappa shape index (κ3) is 2.21. The molecule has 0 radical (unpaired) electrons. The van der Waals surface area contributed by atoms with Crippen molar-refractivity contribution in [3.8, 4) is 5.75 Å². The van der Waals surface area contributed by atoms with Crippen LogP contribution in [0.2, 0.25) is 5.02 Å². The lowest BCUT2D eigenvalue weighted by Gasteiger charge is -2.51. The molecule has 1 aromatic carbocycles. The summed E-state index contributed by atoms with van der Waals surface area (Å²) in [6.07, 6.45) is 5.61. The maximum atomic E-state index is 11.1. The van der Waals surface area contributed by atoms with Crippen molar-refractivity contribution in [2.75, 3.05) is 0 Å². The second-order valence-electron chi connectivity index (χ2n) is 5.62. The van der Waals surface area contributed by atoms with Crippen molar-refractivity contribution in [2.45, 2.75) is 43.0 Å². The SMILES string of the molecule is O=[N+]([O-])c1ccc(Cl)cc1OC1CC(Br)C12CCCC2. The fraction of sp³-hybridized carbons (Fsp3) is 0.571. The first-order valence-corrected chi connectivity index (χ1v) is 8.07. The van der Waals surface area contributed by atoms with Gasteiger partial charge in [0.15, 0.2) is 5.75 Å². The Morgan fingerprint density at radius 2 is 2.10 bits per heavy atom. The molecule has 1 spiro atoms. The fourth-order valence-corrected chi connectivity index (χ4v) is 4.67. The van der Waals surface area contributed by atoms with Crippen LogP contribution in [0.3, 0.4) is 0 Å². The Labute approximate surface area is 130 Å². The Bertz CT molecular complexity index is 545. The third-order valence-corrected chi connectivity index (χ3v) is 6.13. The lowest BCUT2D eigenvalue weighted by molar-refractivity contribution is -0.386. The number of hydrogen-bond acceptors (Lipinski definition) is 3. The average Bonchev–Trinajstić information content (AvgIpc) is 2.90. The van der Waals surface area contributed by atoms with Crippen LogP contribution in [0.1, 0.15) is 32.1 Å². The van der Waals surface area contributed by atoms with Crippen LogP contribution in [0.5, 0.6) is 5.75 Å². The molecule has 3 rings (SSSR count). The number of hydrogen-bond donors (Lipinski definition) is 0. The van der Waals surface area contributed by atoms with Gasteiger partial charge in [-0.15, -0.1) is 0 Å². The minimum Gasteiger partial charge on any atom is -0.483 e. The molecule has 0 aromatic heterocycles. The van der Waals surface area contributed by atoms with E-state index in [0.717, 1.165) is 19.3 Å². The van der Waals surface area contributed by atoms with Gasteiger partial charge in [-0.05, 0) is 25.3 Å². The molecule has 0 saturated heterocycles. The van der Waals surface area contributed by atoms with Crippen LogP contribution >= 0.6 is 27.5 Å². The van der Waals surface area contributed by atoms with Crippen LogP contribution in [0.15, 0.2) is 18.2 Å². The summed E-state index contributed by atoms with van der Waals surface area (Å²) in [5.74, 6) is 0.290. The number of rotatable bonds is 3. The molecule has 0 heterocycles. The summed E-state index contributed by atoms with van der Waals surface area (Å²) in [6.45, 7) is 0. The minimum absolute atomic E-state index is 0.0134. The maximum Gasteiger partial charge on any atom is 0.311 e. The van der Waals surface area contributed by atoms with E-state index in [9.17, 15) is 10.1 Å². The zero-order valence-corrected chi connectivity index (χ0v) is 13.2. The molecule has 2 atom stereocenters. The minimum atomic E-state index is -0.419. The Morgan fingerprint density at radius 3 is 2.70 bits per heavy atom. The number of nitro groups is 1. The second kappa shape index (κ2) is 5.19. The quantitative estimate of drug-likeness (QED) is 0.445. The predicted molar refractivity (Wildman–Crippen MR) is 80.8 cm³/mol. The van der Waals surface area contributed by atoms with E-state index >= 15 is 0 Å². The zero-order valence-electron chi connectivity index (χ0n) is 10.9. The summed E-state index contributed by atoms with van der Waals surface area (Å²) in [5, 5.41) is 11.5. The van der Waals surface area contributed by atoms with Gasteiger partial charge in [0.1, 0.15) is 6.10 Å². The molecule has 4 nitrogen and oxygen atoms in total. The molecule has 1 aromatic rings. The van der Waals surface area contributed by atoms with E-state index in [1.54, 1.807) is 6.07 Å². The molecule has 0 amide bonds. The van der Waals surface area contributed by atoms with Crippen LogP contribution in [-0.2, 0) is 0 Å². The van der Waals surface area contributed by atoms with Gasteiger partial charge in [0.05, 0.1) is 4.92 Å². The smallest absolute Gasteiger partial charge is 0.311 e. The highest BCUT2D eigenvalue weighted by atomic mass is 79.9. The van der Waals surface area contributed by atoms with Gasteiger partial charge in [-0.1, -0.05) is 40.4 Å². The van der Waals surface area contributed by atoms with Crippen LogP contribution < -0.4 is 4.74 Å². The van der Waals surface area contributed by atoms with Crippen LogP contribution in [-0.4, -0.2) is 15.9 Å². The van der Waals surface area contributed by atoms with Crippen molar-refractivity contribution in [3.63, 3.8) is 0 Å². The number of nitro benzene ring substituents is 1. The molecular weight excluding hydrogens is 346 g/mol. The van der Waals surface area contributed by atoms with Crippen LogP contribution in [0.25, 0.3) is 0 Å². The molecule has 20 heavy (non-hydrogen) atoms. The lowest BCUT2D eigenvalue weighted by Crippen LogP contribution is -2.55. The van der Waals surface area contributed by atoms with Crippen molar-refractivity contribution in [3.05, 3.63) is 33.3 Å².